The number of carbonyl (C=O) groups is 3. The van der Waals surface area contributed by atoms with Crippen LogP contribution in [0.3, 0.4) is 0 Å². The fraction of sp³-hybridized carbons (Fsp3) is 0.154. The molecule has 0 radical (unpaired) electrons. The Bertz CT molecular complexity index is 1320. The van der Waals surface area contributed by atoms with Crippen molar-refractivity contribution in [1.82, 2.24) is 4.98 Å². The van der Waals surface area contributed by atoms with E-state index < -0.39 is 17.7 Å². The molecule has 34 heavy (non-hydrogen) atoms. The summed E-state index contributed by atoms with van der Waals surface area (Å²) in [6, 6.07) is 14.2. The van der Waals surface area contributed by atoms with Crippen LogP contribution in [0.5, 0.6) is 5.75 Å². The minimum absolute atomic E-state index is 0.0330. The molecule has 0 bridgehead atoms. The number of carbonyl (C=O) groups excluding carboxylic acids is 3. The Kier molecular flexibility index (Phi) is 6.14. The summed E-state index contributed by atoms with van der Waals surface area (Å²) >= 11 is 0. The Morgan fingerprint density at radius 1 is 1.09 bits per heavy atom. The number of nitrogens with zero attached hydrogens (tertiary/aromatic N) is 2. The van der Waals surface area contributed by atoms with E-state index in [1.165, 1.54) is 11.8 Å². The molecule has 1 saturated heterocycles. The molecule has 0 spiro atoms. The fourth-order valence-electron chi connectivity index (χ4n) is 4.07. The van der Waals surface area contributed by atoms with Crippen LogP contribution in [-0.4, -0.2) is 34.8 Å². The van der Waals surface area contributed by atoms with Gasteiger partial charge in [0.2, 0.25) is 5.91 Å². The topological polar surface area (TPSA) is 109 Å². The average Bonchev–Trinajstić information content (AvgIpc) is 3.09. The van der Waals surface area contributed by atoms with Crippen molar-refractivity contribution in [3.05, 3.63) is 89.3 Å². The second kappa shape index (κ2) is 9.19. The molecule has 2 N–H and O–H groups in total. The van der Waals surface area contributed by atoms with Crippen LogP contribution in [0.15, 0.2) is 72.6 Å². The predicted molar refractivity (Wildman–Crippen MR) is 127 cm³/mol. The lowest BCUT2D eigenvalue weighted by Gasteiger charge is -2.26. The van der Waals surface area contributed by atoms with Gasteiger partial charge in [0.25, 0.3) is 11.7 Å². The number of aliphatic hydroxyl groups is 1. The Hall–Kier alpha value is -4.46. The van der Waals surface area contributed by atoms with Crippen LogP contribution in [0, 0.1) is 6.92 Å². The summed E-state index contributed by atoms with van der Waals surface area (Å²) in [5.74, 6) is -1.52. The number of nitrogens with one attached hydrogen (secondary N) is 1. The van der Waals surface area contributed by atoms with E-state index in [4.69, 9.17) is 4.74 Å². The first-order valence-electron chi connectivity index (χ1n) is 10.6. The fourth-order valence-corrected chi connectivity index (χ4v) is 4.07. The number of amides is 2. The molecule has 3 aromatic rings. The molecule has 1 atom stereocenters. The van der Waals surface area contributed by atoms with E-state index in [0.29, 0.717) is 33.8 Å². The lowest BCUT2D eigenvalue weighted by molar-refractivity contribution is -0.132. The van der Waals surface area contributed by atoms with Crippen molar-refractivity contribution in [1.29, 1.82) is 0 Å². The van der Waals surface area contributed by atoms with Gasteiger partial charge in [0.1, 0.15) is 11.5 Å². The number of methoxy groups -OCH3 is 1. The number of rotatable bonds is 5. The average molecular weight is 457 g/mol. The van der Waals surface area contributed by atoms with Gasteiger partial charge in [-0.15, -0.1) is 0 Å². The summed E-state index contributed by atoms with van der Waals surface area (Å²) in [5.41, 5.74) is 2.56. The Labute approximate surface area is 196 Å². The van der Waals surface area contributed by atoms with Crippen LogP contribution in [0.1, 0.15) is 29.7 Å². The first-order valence-corrected chi connectivity index (χ1v) is 10.6. The summed E-state index contributed by atoms with van der Waals surface area (Å²) in [6.45, 7) is 3.17. The van der Waals surface area contributed by atoms with Gasteiger partial charge in [-0.1, -0.05) is 6.07 Å². The zero-order valence-corrected chi connectivity index (χ0v) is 18.9. The van der Waals surface area contributed by atoms with Gasteiger partial charge in [-0.2, -0.15) is 0 Å². The minimum Gasteiger partial charge on any atom is -0.507 e. The zero-order valence-electron chi connectivity index (χ0n) is 18.9. The van der Waals surface area contributed by atoms with Gasteiger partial charge in [-0.3, -0.25) is 24.3 Å². The molecule has 1 aliphatic heterocycles. The van der Waals surface area contributed by atoms with Crippen LogP contribution < -0.4 is 15.0 Å². The molecule has 1 aromatic heterocycles. The van der Waals surface area contributed by atoms with Crippen molar-refractivity contribution in [2.75, 3.05) is 17.3 Å². The van der Waals surface area contributed by atoms with Crippen molar-refractivity contribution in [2.45, 2.75) is 19.9 Å². The molecule has 8 nitrogen and oxygen atoms in total. The molecular formula is C26H23N3O5. The summed E-state index contributed by atoms with van der Waals surface area (Å²) in [5, 5.41) is 14.0. The maximum atomic E-state index is 13.3. The third kappa shape index (κ3) is 4.13. The van der Waals surface area contributed by atoms with E-state index in [9.17, 15) is 19.5 Å². The summed E-state index contributed by atoms with van der Waals surface area (Å²) in [7, 11) is 1.54. The van der Waals surface area contributed by atoms with Gasteiger partial charge in [0.05, 0.1) is 18.7 Å². The molecule has 2 aromatic carbocycles. The van der Waals surface area contributed by atoms with E-state index in [-0.39, 0.29) is 17.2 Å². The van der Waals surface area contributed by atoms with Crippen molar-refractivity contribution < 1.29 is 24.2 Å². The standard InChI is InChI=1S/C26H23N3O5/c1-15-13-20(34-3)7-8-21(15)24(31)22-23(17-9-11-27-12-10-17)29(26(33)25(22)32)19-6-4-5-18(14-19)28-16(2)30/h4-14,23,31H,1-3H3,(H,28,30)/b24-22-. The quantitative estimate of drug-likeness (QED) is 0.341. The molecule has 1 fully saturated rings. The highest BCUT2D eigenvalue weighted by atomic mass is 16.5. The van der Waals surface area contributed by atoms with Gasteiger partial charge in [-0.25, -0.2) is 0 Å². The molecule has 2 amide bonds. The number of pyridine rings is 1. The number of hydrogen-bond donors (Lipinski definition) is 2. The maximum absolute atomic E-state index is 13.3. The monoisotopic (exact) mass is 457 g/mol. The molecule has 2 heterocycles. The second-order valence-electron chi connectivity index (χ2n) is 7.86. The van der Waals surface area contributed by atoms with E-state index >= 15 is 0 Å². The van der Waals surface area contributed by atoms with E-state index in [1.807, 2.05) is 0 Å². The zero-order chi connectivity index (χ0) is 24.4. The van der Waals surface area contributed by atoms with Crippen LogP contribution in [-0.2, 0) is 14.4 Å². The molecule has 172 valence electrons. The number of Topliss-reactive ketones (excluding diaryl/α,β-unsaturated/α-hetero) is 1. The number of hydrogen-bond acceptors (Lipinski definition) is 6. The van der Waals surface area contributed by atoms with Crippen molar-refractivity contribution in [3.8, 4) is 5.75 Å². The second-order valence-corrected chi connectivity index (χ2v) is 7.86. The first kappa shape index (κ1) is 22.7. The molecular weight excluding hydrogens is 434 g/mol. The van der Waals surface area contributed by atoms with Crippen molar-refractivity contribution >= 4 is 34.7 Å². The SMILES string of the molecule is COc1ccc(/C(O)=C2/C(=O)C(=O)N(c3cccc(NC(C)=O)c3)C2c2ccncc2)c(C)c1. The predicted octanol–water partition coefficient (Wildman–Crippen LogP) is 3.98. The van der Waals surface area contributed by atoms with Gasteiger partial charge >= 0.3 is 0 Å². The van der Waals surface area contributed by atoms with E-state index in [1.54, 1.807) is 81.0 Å². The number of ether oxygens (including phenoxy) is 1. The van der Waals surface area contributed by atoms with Gasteiger partial charge in [0, 0.05) is 36.3 Å². The number of aliphatic hydroxyl groups excluding tert-OH is 1. The number of ketones is 1. The molecule has 4 rings (SSSR count). The summed E-state index contributed by atoms with van der Waals surface area (Å²) in [4.78, 5) is 43.4. The largest absolute Gasteiger partial charge is 0.507 e. The molecule has 0 saturated carbocycles. The van der Waals surface area contributed by atoms with Crippen molar-refractivity contribution in [3.63, 3.8) is 0 Å². The normalized spacial score (nSPS) is 17.0. The van der Waals surface area contributed by atoms with Gasteiger partial charge in [0.15, 0.2) is 0 Å². The van der Waals surface area contributed by atoms with Crippen LogP contribution >= 0.6 is 0 Å². The Morgan fingerprint density at radius 2 is 1.82 bits per heavy atom. The summed E-state index contributed by atoms with van der Waals surface area (Å²) < 4.78 is 5.23. The van der Waals surface area contributed by atoms with E-state index in [0.717, 1.165) is 0 Å². The van der Waals surface area contributed by atoms with Gasteiger partial charge < -0.3 is 15.2 Å². The molecule has 0 aliphatic carbocycles. The molecule has 8 heteroatoms. The first-order chi connectivity index (χ1) is 16.3. The molecule has 1 unspecified atom stereocenters. The van der Waals surface area contributed by atoms with Crippen molar-refractivity contribution in [2.24, 2.45) is 0 Å². The highest BCUT2D eigenvalue weighted by Crippen LogP contribution is 2.43. The van der Waals surface area contributed by atoms with Gasteiger partial charge in [-0.05, 0) is 66.6 Å². The minimum atomic E-state index is -0.892. The number of anilines is 2. The Balaban J connectivity index is 1.91. The third-order valence-electron chi connectivity index (χ3n) is 5.60. The lowest BCUT2D eigenvalue weighted by Crippen LogP contribution is -2.29. The number of aromatic nitrogens is 1. The van der Waals surface area contributed by atoms with Crippen LogP contribution in [0.2, 0.25) is 0 Å². The Morgan fingerprint density at radius 3 is 2.47 bits per heavy atom. The highest BCUT2D eigenvalue weighted by molar-refractivity contribution is 6.51. The number of benzene rings is 2. The number of aryl methyl sites for hydroxylation is 1. The maximum Gasteiger partial charge on any atom is 0.300 e. The van der Waals surface area contributed by atoms with Crippen LogP contribution in [0.4, 0.5) is 11.4 Å². The lowest BCUT2D eigenvalue weighted by atomic mass is 9.94. The summed E-state index contributed by atoms with van der Waals surface area (Å²) in [6.07, 6.45) is 3.11. The van der Waals surface area contributed by atoms with E-state index in [2.05, 4.69) is 10.3 Å². The highest BCUT2D eigenvalue weighted by Gasteiger charge is 2.47. The molecule has 1 aliphatic rings. The third-order valence-corrected chi connectivity index (χ3v) is 5.60. The van der Waals surface area contributed by atoms with Crippen LogP contribution in [0.25, 0.3) is 5.76 Å². The smallest absolute Gasteiger partial charge is 0.300 e.